The number of thiophene rings is 1. The molecule has 0 bridgehead atoms. The molecule has 0 aliphatic rings. The number of primary amides is 1. The van der Waals surface area contributed by atoms with Crippen LogP contribution in [-0.4, -0.2) is 33.1 Å². The molecule has 1 heterocycles. The molecule has 2 rings (SSSR count). The molecule has 2 aromatic rings. The van der Waals surface area contributed by atoms with Crippen LogP contribution < -0.4 is 15.8 Å². The lowest BCUT2D eigenvalue weighted by Gasteiger charge is -2.07. The van der Waals surface area contributed by atoms with E-state index in [1.807, 2.05) is 0 Å². The fraction of sp³-hybridized carbons (Fsp3) is 0.250. The minimum Gasteiger partial charge on any atom is -0.497 e. The molecular weight excluding hydrogens is 364 g/mol. The number of anilines is 1. The van der Waals surface area contributed by atoms with Crippen LogP contribution in [0.1, 0.15) is 23.2 Å². The van der Waals surface area contributed by atoms with Gasteiger partial charge in [-0.15, -0.1) is 11.3 Å². The minimum absolute atomic E-state index is 0.0193. The van der Waals surface area contributed by atoms with Gasteiger partial charge in [0.15, 0.2) is 9.84 Å². The van der Waals surface area contributed by atoms with Crippen molar-refractivity contribution in [2.75, 3.05) is 18.2 Å². The molecule has 1 aromatic heterocycles. The predicted molar refractivity (Wildman–Crippen MR) is 95.7 cm³/mol. The highest BCUT2D eigenvalue weighted by Gasteiger charge is 2.16. The van der Waals surface area contributed by atoms with Crippen LogP contribution in [-0.2, 0) is 14.6 Å². The number of nitrogens with two attached hydrogens (primary N) is 1. The van der Waals surface area contributed by atoms with Crippen molar-refractivity contribution in [3.05, 3.63) is 41.3 Å². The van der Waals surface area contributed by atoms with Gasteiger partial charge in [-0.2, -0.15) is 0 Å². The van der Waals surface area contributed by atoms with Crippen molar-refractivity contribution in [1.29, 1.82) is 0 Å². The van der Waals surface area contributed by atoms with Crippen molar-refractivity contribution < 1.29 is 22.7 Å². The standard InChI is InChI=1S/C16H18N2O5S2/c1-23-11-4-6-12(7-5-11)25(21,22)10-2-3-14(19)18-16-13(15(17)20)8-9-24-16/h4-9H,2-3,10H2,1H3,(H2,17,20)(H,18,19). The fourth-order valence-electron chi connectivity index (χ4n) is 2.11. The first kappa shape index (κ1) is 18.9. The number of hydrogen-bond acceptors (Lipinski definition) is 6. The Morgan fingerprint density at radius 3 is 2.48 bits per heavy atom. The highest BCUT2D eigenvalue weighted by Crippen LogP contribution is 2.23. The van der Waals surface area contributed by atoms with E-state index in [-0.39, 0.29) is 35.0 Å². The molecule has 0 saturated heterocycles. The highest BCUT2D eigenvalue weighted by atomic mass is 32.2. The monoisotopic (exact) mass is 382 g/mol. The van der Waals surface area contributed by atoms with E-state index >= 15 is 0 Å². The van der Waals surface area contributed by atoms with E-state index in [9.17, 15) is 18.0 Å². The normalized spacial score (nSPS) is 11.1. The number of ether oxygens (including phenoxy) is 1. The number of carbonyl (C=O) groups is 2. The average Bonchev–Trinajstić information content (AvgIpc) is 3.03. The number of amides is 2. The molecule has 2 amide bonds. The third-order valence-electron chi connectivity index (χ3n) is 3.42. The predicted octanol–water partition coefficient (Wildman–Crippen LogP) is 2.05. The van der Waals surface area contributed by atoms with Gasteiger partial charge in [-0.3, -0.25) is 9.59 Å². The lowest BCUT2D eigenvalue weighted by atomic mass is 10.3. The minimum atomic E-state index is -3.47. The van der Waals surface area contributed by atoms with Crippen LogP contribution in [0.2, 0.25) is 0 Å². The van der Waals surface area contributed by atoms with Gasteiger partial charge in [-0.25, -0.2) is 8.42 Å². The van der Waals surface area contributed by atoms with Gasteiger partial charge in [0.05, 0.1) is 23.3 Å². The van der Waals surface area contributed by atoms with Gasteiger partial charge in [0.2, 0.25) is 5.91 Å². The molecule has 134 valence electrons. The zero-order valence-electron chi connectivity index (χ0n) is 13.5. The van der Waals surface area contributed by atoms with E-state index < -0.39 is 15.7 Å². The van der Waals surface area contributed by atoms with Gasteiger partial charge in [-0.1, -0.05) is 0 Å². The first-order valence-corrected chi connectivity index (χ1v) is 9.90. The molecule has 0 atom stereocenters. The molecule has 0 spiro atoms. The maximum Gasteiger partial charge on any atom is 0.251 e. The van der Waals surface area contributed by atoms with E-state index in [0.717, 1.165) is 0 Å². The summed E-state index contributed by atoms with van der Waals surface area (Å²) < 4.78 is 29.5. The first-order valence-electron chi connectivity index (χ1n) is 7.37. The summed E-state index contributed by atoms with van der Waals surface area (Å²) in [5, 5.41) is 4.59. The number of hydrogen-bond donors (Lipinski definition) is 2. The second-order valence-electron chi connectivity index (χ2n) is 5.17. The number of rotatable bonds is 8. The van der Waals surface area contributed by atoms with Crippen LogP contribution in [0.25, 0.3) is 0 Å². The van der Waals surface area contributed by atoms with Crippen LogP contribution in [0.3, 0.4) is 0 Å². The highest BCUT2D eigenvalue weighted by molar-refractivity contribution is 7.91. The Labute approximate surface area is 149 Å². The van der Waals surface area contributed by atoms with Crippen molar-refractivity contribution in [3.63, 3.8) is 0 Å². The first-order chi connectivity index (χ1) is 11.8. The Balaban J connectivity index is 1.89. The third-order valence-corrected chi connectivity index (χ3v) is 6.07. The van der Waals surface area contributed by atoms with E-state index in [2.05, 4.69) is 5.32 Å². The molecule has 1 aromatic carbocycles. The zero-order valence-corrected chi connectivity index (χ0v) is 15.2. The van der Waals surface area contributed by atoms with Crippen LogP contribution >= 0.6 is 11.3 Å². The summed E-state index contributed by atoms with van der Waals surface area (Å²) in [4.78, 5) is 23.3. The van der Waals surface area contributed by atoms with Gasteiger partial charge in [-0.05, 0) is 42.1 Å². The second-order valence-corrected chi connectivity index (χ2v) is 8.20. The van der Waals surface area contributed by atoms with Crippen molar-refractivity contribution >= 4 is 38.0 Å². The maximum atomic E-state index is 12.2. The van der Waals surface area contributed by atoms with Crippen molar-refractivity contribution in [2.45, 2.75) is 17.7 Å². The van der Waals surface area contributed by atoms with Crippen LogP contribution in [0, 0.1) is 0 Å². The summed E-state index contributed by atoms with van der Waals surface area (Å²) >= 11 is 1.18. The number of methoxy groups -OCH3 is 1. The SMILES string of the molecule is COc1ccc(S(=O)(=O)CCCC(=O)Nc2sccc2C(N)=O)cc1. The van der Waals surface area contributed by atoms with Gasteiger partial charge >= 0.3 is 0 Å². The quantitative estimate of drug-likeness (QED) is 0.725. The lowest BCUT2D eigenvalue weighted by Crippen LogP contribution is -2.17. The Morgan fingerprint density at radius 2 is 1.88 bits per heavy atom. The summed E-state index contributed by atoms with van der Waals surface area (Å²) in [5.74, 6) is -0.576. The molecule has 0 aliphatic carbocycles. The van der Waals surface area contributed by atoms with Gasteiger partial charge < -0.3 is 15.8 Å². The van der Waals surface area contributed by atoms with Crippen LogP contribution in [0.4, 0.5) is 5.00 Å². The Morgan fingerprint density at radius 1 is 1.20 bits per heavy atom. The summed E-state index contributed by atoms with van der Waals surface area (Å²) in [6, 6.07) is 7.61. The molecule has 0 fully saturated rings. The maximum absolute atomic E-state index is 12.2. The lowest BCUT2D eigenvalue weighted by molar-refractivity contribution is -0.116. The summed E-state index contributed by atoms with van der Waals surface area (Å²) in [6.45, 7) is 0. The molecule has 9 heteroatoms. The molecular formula is C16H18N2O5S2. The molecule has 25 heavy (non-hydrogen) atoms. The molecule has 0 unspecified atom stereocenters. The summed E-state index contributed by atoms with van der Waals surface area (Å²) in [7, 11) is -1.97. The Hall–Kier alpha value is -2.39. The van der Waals surface area contributed by atoms with Gasteiger partial charge in [0.1, 0.15) is 10.8 Å². The van der Waals surface area contributed by atoms with Crippen LogP contribution in [0.15, 0.2) is 40.6 Å². The Bertz CT molecular complexity index is 857. The largest absolute Gasteiger partial charge is 0.497 e. The molecule has 0 radical (unpaired) electrons. The second kappa shape index (κ2) is 8.13. The third kappa shape index (κ3) is 5.04. The number of nitrogens with one attached hydrogen (secondary N) is 1. The van der Waals surface area contributed by atoms with E-state index in [0.29, 0.717) is 10.8 Å². The van der Waals surface area contributed by atoms with Crippen molar-refractivity contribution in [1.82, 2.24) is 0 Å². The van der Waals surface area contributed by atoms with Crippen LogP contribution in [0.5, 0.6) is 5.75 Å². The fourth-order valence-corrected chi connectivity index (χ4v) is 4.23. The summed E-state index contributed by atoms with van der Waals surface area (Å²) in [5.41, 5.74) is 5.45. The number of benzene rings is 1. The molecule has 0 saturated carbocycles. The Kier molecular flexibility index (Phi) is 6.16. The molecule has 3 N–H and O–H groups in total. The van der Waals surface area contributed by atoms with E-state index in [4.69, 9.17) is 10.5 Å². The number of sulfone groups is 1. The van der Waals surface area contributed by atoms with Gasteiger partial charge in [0, 0.05) is 6.42 Å². The topological polar surface area (TPSA) is 116 Å². The average molecular weight is 382 g/mol. The number of carbonyl (C=O) groups excluding carboxylic acids is 2. The van der Waals surface area contributed by atoms with Gasteiger partial charge in [0.25, 0.3) is 5.91 Å². The van der Waals surface area contributed by atoms with Crippen molar-refractivity contribution in [2.24, 2.45) is 5.73 Å². The zero-order chi connectivity index (χ0) is 18.4. The smallest absolute Gasteiger partial charge is 0.251 e. The summed E-state index contributed by atoms with van der Waals surface area (Å²) in [6.07, 6.45) is 0.183. The van der Waals surface area contributed by atoms with E-state index in [1.165, 1.54) is 36.6 Å². The molecule has 7 nitrogen and oxygen atoms in total. The molecule has 0 aliphatic heterocycles. The van der Waals surface area contributed by atoms with Crippen molar-refractivity contribution in [3.8, 4) is 5.75 Å². The van der Waals surface area contributed by atoms with E-state index in [1.54, 1.807) is 17.5 Å².